The maximum atomic E-state index is 13.0. The van der Waals surface area contributed by atoms with Gasteiger partial charge in [-0.1, -0.05) is 36.5 Å². The number of sulfonamides is 1. The van der Waals surface area contributed by atoms with Crippen LogP contribution in [0, 0.1) is 5.92 Å². The van der Waals surface area contributed by atoms with Crippen molar-refractivity contribution in [2.75, 3.05) is 17.2 Å². The molecule has 1 aromatic carbocycles. The van der Waals surface area contributed by atoms with Crippen LogP contribution in [0.5, 0.6) is 0 Å². The molecule has 0 aliphatic carbocycles. The van der Waals surface area contributed by atoms with Crippen molar-refractivity contribution in [2.24, 2.45) is 5.92 Å². The number of aromatic nitrogens is 1. The third kappa shape index (κ3) is 3.09. The molecular weight excluding hydrogens is 382 g/mol. The number of rotatable bonds is 6. The maximum Gasteiger partial charge on any atom is 0.233 e. The summed E-state index contributed by atoms with van der Waals surface area (Å²) in [5.41, 5.74) is 0.869. The lowest BCUT2D eigenvalue weighted by molar-refractivity contribution is -0.120. The highest BCUT2D eigenvalue weighted by Crippen LogP contribution is 2.42. The summed E-state index contributed by atoms with van der Waals surface area (Å²) in [6, 6.07) is 7.36. The Morgan fingerprint density at radius 2 is 2.15 bits per heavy atom. The van der Waals surface area contributed by atoms with Crippen LogP contribution in [0.2, 0.25) is 0 Å². The molecule has 2 aliphatic rings. The van der Waals surface area contributed by atoms with Gasteiger partial charge in [-0.05, 0) is 31.4 Å². The Morgan fingerprint density at radius 1 is 1.37 bits per heavy atom. The minimum atomic E-state index is -3.38. The lowest BCUT2D eigenvalue weighted by Crippen LogP contribution is -2.43. The van der Waals surface area contributed by atoms with Crippen LogP contribution in [0.3, 0.4) is 0 Å². The van der Waals surface area contributed by atoms with E-state index in [1.165, 1.54) is 11.3 Å². The van der Waals surface area contributed by atoms with E-state index in [0.717, 1.165) is 10.2 Å². The Hall–Kier alpha value is -1.77. The minimum Gasteiger partial charge on any atom is -0.283 e. The van der Waals surface area contributed by atoms with Crippen LogP contribution in [0.4, 0.5) is 5.13 Å². The third-order valence-electron chi connectivity index (χ3n) is 5.50. The first-order valence-corrected chi connectivity index (χ1v) is 11.7. The molecule has 1 amide bonds. The van der Waals surface area contributed by atoms with Crippen molar-refractivity contribution in [3.05, 3.63) is 36.9 Å². The van der Waals surface area contributed by atoms with Gasteiger partial charge in [-0.2, -0.15) is 4.31 Å². The van der Waals surface area contributed by atoms with E-state index < -0.39 is 10.0 Å². The summed E-state index contributed by atoms with van der Waals surface area (Å²) < 4.78 is 28.3. The predicted molar refractivity (Wildman–Crippen MR) is 108 cm³/mol. The van der Waals surface area contributed by atoms with Crippen LogP contribution in [0.15, 0.2) is 36.9 Å². The largest absolute Gasteiger partial charge is 0.283 e. The number of nitrogens with zero attached hydrogens (tertiary/aromatic N) is 3. The van der Waals surface area contributed by atoms with E-state index in [9.17, 15) is 13.2 Å². The van der Waals surface area contributed by atoms with Crippen molar-refractivity contribution in [1.82, 2.24) is 9.29 Å². The molecule has 8 heteroatoms. The first-order chi connectivity index (χ1) is 12.9. The van der Waals surface area contributed by atoms with E-state index in [4.69, 9.17) is 0 Å². The molecule has 144 valence electrons. The lowest BCUT2D eigenvalue weighted by atomic mass is 10.0. The number of anilines is 1. The molecular formula is C19H23N3O3S2. The van der Waals surface area contributed by atoms with Crippen LogP contribution in [0.1, 0.15) is 26.2 Å². The number of unbranched alkanes of at least 4 members (excludes halogenated alkanes) is 1. The molecule has 0 N–H and O–H groups in total. The average molecular weight is 406 g/mol. The van der Waals surface area contributed by atoms with Crippen LogP contribution in [0.25, 0.3) is 10.2 Å². The number of para-hydroxylation sites is 1. The molecule has 2 fully saturated rings. The van der Waals surface area contributed by atoms with Gasteiger partial charge >= 0.3 is 0 Å². The summed E-state index contributed by atoms with van der Waals surface area (Å²) in [7, 11) is -3.38. The Bertz CT molecular complexity index is 952. The van der Waals surface area contributed by atoms with Crippen molar-refractivity contribution in [1.29, 1.82) is 0 Å². The van der Waals surface area contributed by atoms with E-state index in [1.54, 1.807) is 15.3 Å². The molecule has 3 atom stereocenters. The molecule has 2 aliphatic heterocycles. The number of fused-ring (bicyclic) bond motifs is 2. The van der Waals surface area contributed by atoms with Crippen LogP contribution in [-0.4, -0.2) is 48.0 Å². The summed E-state index contributed by atoms with van der Waals surface area (Å²) in [6.07, 6.45) is 3.62. The van der Waals surface area contributed by atoms with Crippen molar-refractivity contribution < 1.29 is 13.2 Å². The summed E-state index contributed by atoms with van der Waals surface area (Å²) in [4.78, 5) is 19.4. The highest BCUT2D eigenvalue weighted by molar-refractivity contribution is 7.89. The smallest absolute Gasteiger partial charge is 0.233 e. The highest BCUT2D eigenvalue weighted by Gasteiger charge is 2.55. The van der Waals surface area contributed by atoms with Crippen molar-refractivity contribution in [3.63, 3.8) is 0 Å². The molecule has 1 aromatic heterocycles. The maximum absolute atomic E-state index is 13.0. The second-order valence-electron chi connectivity index (χ2n) is 7.17. The van der Waals surface area contributed by atoms with Gasteiger partial charge in [0.15, 0.2) is 5.13 Å². The Morgan fingerprint density at radius 3 is 2.89 bits per heavy atom. The second-order valence-corrected chi connectivity index (χ2v) is 10.2. The van der Waals surface area contributed by atoms with Gasteiger partial charge in [0.2, 0.25) is 15.9 Å². The predicted octanol–water partition coefficient (Wildman–Crippen LogP) is 3.02. The van der Waals surface area contributed by atoms with E-state index in [0.29, 0.717) is 30.9 Å². The molecule has 3 heterocycles. The average Bonchev–Trinajstić information content (AvgIpc) is 3.30. The van der Waals surface area contributed by atoms with Crippen molar-refractivity contribution in [3.8, 4) is 0 Å². The standard InChI is InChI=1S/C19H23N3O3S2/c1-3-4-7-12-27(24,25)21-11-10-15-17(21)13(2)18(23)22(15)19-20-14-8-5-6-9-16(14)26-19/h3,5-6,8-9,13,15,17H,1,4,7,10-12H2,2H3/t13-,15-,17+/m0/s1. The van der Waals surface area contributed by atoms with Gasteiger partial charge in [0.05, 0.1) is 34.0 Å². The van der Waals surface area contributed by atoms with Gasteiger partial charge in [0.25, 0.3) is 0 Å². The minimum absolute atomic E-state index is 0.0324. The molecule has 2 saturated heterocycles. The number of benzene rings is 1. The lowest BCUT2D eigenvalue weighted by Gasteiger charge is -2.25. The summed E-state index contributed by atoms with van der Waals surface area (Å²) in [5.74, 6) is -0.293. The fourth-order valence-corrected chi connectivity index (χ4v) is 7.09. The third-order valence-corrected chi connectivity index (χ3v) is 8.48. The molecule has 0 spiro atoms. The zero-order valence-electron chi connectivity index (χ0n) is 15.2. The van der Waals surface area contributed by atoms with Crippen molar-refractivity contribution in [2.45, 2.75) is 38.3 Å². The number of thiazole rings is 1. The van der Waals surface area contributed by atoms with Gasteiger partial charge in [0, 0.05) is 6.54 Å². The second kappa shape index (κ2) is 7.00. The molecule has 0 saturated carbocycles. The Balaban J connectivity index is 1.63. The molecule has 0 radical (unpaired) electrons. The number of allylic oxidation sites excluding steroid dienone is 1. The summed E-state index contributed by atoms with van der Waals surface area (Å²) in [6.45, 7) is 5.95. The first kappa shape index (κ1) is 18.6. The molecule has 2 aromatic rings. The molecule has 27 heavy (non-hydrogen) atoms. The zero-order valence-corrected chi connectivity index (χ0v) is 16.9. The first-order valence-electron chi connectivity index (χ1n) is 9.23. The number of amides is 1. The van der Waals surface area contributed by atoms with Gasteiger partial charge in [-0.15, -0.1) is 6.58 Å². The molecule has 6 nitrogen and oxygen atoms in total. The van der Waals surface area contributed by atoms with Gasteiger partial charge in [-0.25, -0.2) is 13.4 Å². The van der Waals surface area contributed by atoms with Crippen LogP contribution in [-0.2, 0) is 14.8 Å². The summed E-state index contributed by atoms with van der Waals surface area (Å²) in [5, 5.41) is 0.673. The quantitative estimate of drug-likeness (QED) is 0.547. The van der Waals surface area contributed by atoms with E-state index in [-0.39, 0.29) is 29.7 Å². The van der Waals surface area contributed by atoms with Gasteiger partial charge in [0.1, 0.15) is 0 Å². The van der Waals surface area contributed by atoms with E-state index >= 15 is 0 Å². The summed E-state index contributed by atoms with van der Waals surface area (Å²) >= 11 is 1.49. The number of carbonyl (C=O) groups excluding carboxylic acids is 1. The highest BCUT2D eigenvalue weighted by atomic mass is 32.2. The molecule has 4 rings (SSSR count). The zero-order chi connectivity index (χ0) is 19.2. The topological polar surface area (TPSA) is 70.6 Å². The number of carbonyl (C=O) groups is 1. The Labute approximate surface area is 163 Å². The van der Waals surface area contributed by atoms with Crippen molar-refractivity contribution >= 4 is 42.6 Å². The molecule has 0 unspecified atom stereocenters. The monoisotopic (exact) mass is 405 g/mol. The fraction of sp³-hybridized carbons (Fsp3) is 0.474. The van der Waals surface area contributed by atoms with Crippen LogP contribution >= 0.6 is 11.3 Å². The fourth-order valence-electron chi connectivity index (χ4n) is 4.22. The van der Waals surface area contributed by atoms with E-state index in [1.807, 2.05) is 31.2 Å². The molecule has 0 bridgehead atoms. The number of hydrogen-bond acceptors (Lipinski definition) is 5. The van der Waals surface area contributed by atoms with Crippen LogP contribution < -0.4 is 4.90 Å². The van der Waals surface area contributed by atoms with E-state index in [2.05, 4.69) is 11.6 Å². The van der Waals surface area contributed by atoms with Gasteiger partial charge in [-0.3, -0.25) is 9.69 Å². The number of hydrogen-bond donors (Lipinski definition) is 0. The normalized spacial score (nSPS) is 26.0. The SMILES string of the molecule is C=CCCCS(=O)(=O)N1CC[C@H]2[C@H]1[C@H](C)C(=O)N2c1nc2ccccc2s1. The Kier molecular flexibility index (Phi) is 4.82. The van der Waals surface area contributed by atoms with Gasteiger partial charge < -0.3 is 0 Å².